The van der Waals surface area contributed by atoms with Crippen molar-refractivity contribution in [3.63, 3.8) is 0 Å². The number of aliphatic imine (C=N–C) groups is 1. The van der Waals surface area contributed by atoms with Crippen LogP contribution < -0.4 is 0 Å². The highest BCUT2D eigenvalue weighted by Gasteiger charge is 1.95. The predicted octanol–water partition coefficient (Wildman–Crippen LogP) is 2.85. The van der Waals surface area contributed by atoms with Gasteiger partial charge in [0.25, 0.3) is 0 Å². The second-order valence-corrected chi connectivity index (χ2v) is 3.34. The zero-order chi connectivity index (χ0) is 11.4. The van der Waals surface area contributed by atoms with E-state index in [0.717, 1.165) is 5.56 Å². The van der Waals surface area contributed by atoms with Crippen LogP contribution in [-0.4, -0.2) is 16.4 Å². The summed E-state index contributed by atoms with van der Waals surface area (Å²) in [5, 5.41) is 18.6. The molecule has 0 unspecified atom stereocenters. The van der Waals surface area contributed by atoms with Crippen LogP contribution in [0.4, 0.5) is 5.69 Å². The number of para-hydroxylation sites is 2. The maximum Gasteiger partial charge on any atom is 0.141 e. The molecule has 0 aliphatic heterocycles. The monoisotopic (exact) mass is 213 g/mol. The van der Waals surface area contributed by atoms with Crippen molar-refractivity contribution in [1.29, 1.82) is 0 Å². The van der Waals surface area contributed by atoms with Crippen molar-refractivity contribution < 1.29 is 10.2 Å². The largest absolute Gasteiger partial charge is 0.508 e. The van der Waals surface area contributed by atoms with Crippen LogP contribution in [0.5, 0.6) is 11.5 Å². The van der Waals surface area contributed by atoms with Gasteiger partial charge in [0.2, 0.25) is 0 Å². The number of hydrogen-bond donors (Lipinski definition) is 2. The van der Waals surface area contributed by atoms with E-state index in [9.17, 15) is 5.11 Å². The standard InChI is InChI=1S/C13H11NO2/c15-11-7-5-10(6-8-11)9-14-12-3-1-2-4-13(12)16/h1-9,15-16H/b14-9+. The molecule has 0 aliphatic carbocycles. The maximum atomic E-state index is 9.48. The van der Waals surface area contributed by atoms with Gasteiger partial charge in [0.1, 0.15) is 17.2 Å². The summed E-state index contributed by atoms with van der Waals surface area (Å²) in [6, 6.07) is 13.5. The van der Waals surface area contributed by atoms with Crippen LogP contribution in [0.2, 0.25) is 0 Å². The van der Waals surface area contributed by atoms with Gasteiger partial charge in [0, 0.05) is 6.21 Å². The minimum absolute atomic E-state index is 0.150. The lowest BCUT2D eigenvalue weighted by Crippen LogP contribution is -1.78. The summed E-state index contributed by atoms with van der Waals surface area (Å²) in [4.78, 5) is 4.15. The van der Waals surface area contributed by atoms with Gasteiger partial charge in [0.05, 0.1) is 0 Å². The molecule has 0 atom stereocenters. The van der Waals surface area contributed by atoms with Gasteiger partial charge in [0.15, 0.2) is 0 Å². The number of hydrogen-bond acceptors (Lipinski definition) is 3. The fourth-order valence-corrected chi connectivity index (χ4v) is 1.28. The molecule has 2 aromatic rings. The third-order valence-corrected chi connectivity index (χ3v) is 2.13. The van der Waals surface area contributed by atoms with E-state index in [0.29, 0.717) is 5.69 Å². The Kier molecular flexibility index (Phi) is 2.87. The van der Waals surface area contributed by atoms with E-state index in [1.165, 1.54) is 0 Å². The molecule has 0 saturated heterocycles. The minimum Gasteiger partial charge on any atom is -0.508 e. The highest BCUT2D eigenvalue weighted by atomic mass is 16.3. The topological polar surface area (TPSA) is 52.8 Å². The third kappa shape index (κ3) is 2.39. The Bertz CT molecular complexity index is 504. The first kappa shape index (κ1) is 10.2. The molecular formula is C13H11NO2. The Morgan fingerprint density at radius 2 is 1.56 bits per heavy atom. The molecule has 2 aromatic carbocycles. The van der Waals surface area contributed by atoms with E-state index in [2.05, 4.69) is 4.99 Å². The molecule has 80 valence electrons. The molecule has 0 bridgehead atoms. The predicted molar refractivity (Wildman–Crippen MR) is 63.5 cm³/mol. The fraction of sp³-hybridized carbons (Fsp3) is 0. The zero-order valence-corrected chi connectivity index (χ0v) is 8.54. The Balaban J connectivity index is 2.21. The van der Waals surface area contributed by atoms with Crippen molar-refractivity contribution in [2.45, 2.75) is 0 Å². The van der Waals surface area contributed by atoms with Gasteiger partial charge in [-0.1, -0.05) is 12.1 Å². The van der Waals surface area contributed by atoms with Crippen molar-refractivity contribution in [3.8, 4) is 11.5 Å². The normalized spacial score (nSPS) is 10.8. The molecule has 3 heteroatoms. The van der Waals surface area contributed by atoms with Crippen LogP contribution in [0, 0.1) is 0 Å². The maximum absolute atomic E-state index is 9.48. The third-order valence-electron chi connectivity index (χ3n) is 2.13. The van der Waals surface area contributed by atoms with Gasteiger partial charge in [-0.15, -0.1) is 0 Å². The molecule has 16 heavy (non-hydrogen) atoms. The van der Waals surface area contributed by atoms with Crippen LogP contribution in [0.3, 0.4) is 0 Å². The lowest BCUT2D eigenvalue weighted by atomic mass is 10.2. The average molecular weight is 213 g/mol. The number of aromatic hydroxyl groups is 2. The molecular weight excluding hydrogens is 202 g/mol. The number of phenols is 2. The van der Waals surface area contributed by atoms with E-state index >= 15 is 0 Å². The molecule has 0 aliphatic rings. The van der Waals surface area contributed by atoms with Gasteiger partial charge >= 0.3 is 0 Å². The van der Waals surface area contributed by atoms with E-state index in [1.807, 2.05) is 6.07 Å². The minimum atomic E-state index is 0.150. The van der Waals surface area contributed by atoms with Crippen LogP contribution in [0.1, 0.15) is 5.56 Å². The molecule has 0 spiro atoms. The summed E-state index contributed by atoms with van der Waals surface area (Å²) in [6.07, 6.45) is 1.63. The Morgan fingerprint density at radius 1 is 0.875 bits per heavy atom. The first-order chi connectivity index (χ1) is 7.75. The van der Waals surface area contributed by atoms with Crippen LogP contribution in [-0.2, 0) is 0 Å². The number of benzene rings is 2. The molecule has 0 radical (unpaired) electrons. The van der Waals surface area contributed by atoms with Crippen LogP contribution in [0.15, 0.2) is 53.5 Å². The summed E-state index contributed by atoms with van der Waals surface area (Å²) in [5.41, 5.74) is 1.39. The average Bonchev–Trinajstić information content (AvgIpc) is 2.30. The molecule has 0 heterocycles. The van der Waals surface area contributed by atoms with Gasteiger partial charge in [-0.3, -0.25) is 4.99 Å². The summed E-state index contributed by atoms with van der Waals surface area (Å²) >= 11 is 0. The zero-order valence-electron chi connectivity index (χ0n) is 8.54. The van der Waals surface area contributed by atoms with Gasteiger partial charge in [-0.2, -0.15) is 0 Å². The molecule has 0 saturated carbocycles. The highest BCUT2D eigenvalue weighted by molar-refractivity contribution is 5.82. The van der Waals surface area contributed by atoms with Crippen molar-refractivity contribution in [2.75, 3.05) is 0 Å². The lowest BCUT2D eigenvalue weighted by molar-refractivity contribution is 0.475. The SMILES string of the molecule is Oc1ccc(/C=N/c2ccccc2O)cc1. The van der Waals surface area contributed by atoms with E-state index in [1.54, 1.807) is 48.7 Å². The second kappa shape index (κ2) is 4.49. The second-order valence-electron chi connectivity index (χ2n) is 3.34. The highest BCUT2D eigenvalue weighted by Crippen LogP contribution is 2.24. The Hall–Kier alpha value is -2.29. The Morgan fingerprint density at radius 3 is 2.25 bits per heavy atom. The van der Waals surface area contributed by atoms with Gasteiger partial charge in [-0.25, -0.2) is 0 Å². The van der Waals surface area contributed by atoms with E-state index < -0.39 is 0 Å². The van der Waals surface area contributed by atoms with E-state index in [4.69, 9.17) is 5.11 Å². The summed E-state index contributed by atoms with van der Waals surface area (Å²) in [6.45, 7) is 0. The number of phenolic OH excluding ortho intramolecular Hbond substituents is 2. The molecule has 0 fully saturated rings. The molecule has 0 amide bonds. The van der Waals surface area contributed by atoms with E-state index in [-0.39, 0.29) is 11.5 Å². The van der Waals surface area contributed by atoms with Crippen molar-refractivity contribution in [1.82, 2.24) is 0 Å². The van der Waals surface area contributed by atoms with Gasteiger partial charge in [-0.05, 0) is 42.0 Å². The van der Waals surface area contributed by atoms with Gasteiger partial charge < -0.3 is 10.2 Å². The molecule has 2 N–H and O–H groups in total. The van der Waals surface area contributed by atoms with Crippen molar-refractivity contribution in [2.24, 2.45) is 4.99 Å². The molecule has 0 aromatic heterocycles. The Labute approximate surface area is 93.3 Å². The van der Waals surface area contributed by atoms with Crippen molar-refractivity contribution >= 4 is 11.9 Å². The summed E-state index contributed by atoms with van der Waals surface area (Å²) in [7, 11) is 0. The van der Waals surface area contributed by atoms with Crippen LogP contribution >= 0.6 is 0 Å². The van der Waals surface area contributed by atoms with Crippen LogP contribution in [0.25, 0.3) is 0 Å². The van der Waals surface area contributed by atoms with Crippen molar-refractivity contribution in [3.05, 3.63) is 54.1 Å². The summed E-state index contributed by atoms with van der Waals surface area (Å²) in [5.74, 6) is 0.372. The number of nitrogens with zero attached hydrogens (tertiary/aromatic N) is 1. The fourth-order valence-electron chi connectivity index (χ4n) is 1.28. The molecule has 2 rings (SSSR count). The first-order valence-electron chi connectivity index (χ1n) is 4.87. The quantitative estimate of drug-likeness (QED) is 0.753. The summed E-state index contributed by atoms with van der Waals surface area (Å²) < 4.78 is 0. The first-order valence-corrected chi connectivity index (χ1v) is 4.87. The molecule has 3 nitrogen and oxygen atoms in total. The number of rotatable bonds is 2. The lowest BCUT2D eigenvalue weighted by Gasteiger charge is -1.97. The smallest absolute Gasteiger partial charge is 0.141 e.